The minimum Gasteiger partial charge on any atom is -0.394 e. The number of carbonyl (C=O) groups excluding carboxylic acids is 1. The fourth-order valence-electron chi connectivity index (χ4n) is 2.23. The summed E-state index contributed by atoms with van der Waals surface area (Å²) in [5.41, 5.74) is 1.34. The van der Waals surface area contributed by atoms with Crippen LogP contribution in [0, 0.1) is 0 Å². The number of carbonyl (C=O) groups is 1. The molecule has 0 aromatic carbocycles. The second-order valence-corrected chi connectivity index (χ2v) is 4.15. The zero-order valence-electron chi connectivity index (χ0n) is 9.89. The highest BCUT2D eigenvalue weighted by Crippen LogP contribution is 2.22. The first-order chi connectivity index (χ1) is 8.27. The van der Waals surface area contributed by atoms with E-state index in [9.17, 15) is 9.90 Å². The molecule has 0 bridgehead atoms. The molecule has 2 rings (SSSR count). The molecule has 0 radical (unpaired) electrons. The van der Waals surface area contributed by atoms with Crippen molar-refractivity contribution in [1.82, 2.24) is 9.88 Å². The Morgan fingerprint density at radius 3 is 3.24 bits per heavy atom. The molecule has 5 heteroatoms. The smallest absolute Gasteiger partial charge is 0.256 e. The summed E-state index contributed by atoms with van der Waals surface area (Å²) in [5, 5.41) is 12.2. The van der Waals surface area contributed by atoms with Crippen LogP contribution in [0.4, 0.5) is 5.69 Å². The van der Waals surface area contributed by atoms with Gasteiger partial charge < -0.3 is 15.3 Å². The minimum absolute atomic E-state index is 0.0334. The van der Waals surface area contributed by atoms with Crippen molar-refractivity contribution in [3.8, 4) is 0 Å². The third-order valence-electron chi connectivity index (χ3n) is 3.17. The highest BCUT2D eigenvalue weighted by molar-refractivity contribution is 5.99. The normalized spacial score (nSPS) is 19.4. The standard InChI is InChI=1S/C12H17N3O2/c1-13-11-7-14-5-4-10(11)12(17)15-6-2-3-9(15)8-16/h4-5,7,9,13,16H,2-3,6,8H2,1H3. The topological polar surface area (TPSA) is 65.5 Å². The summed E-state index contributed by atoms with van der Waals surface area (Å²) in [5.74, 6) is -0.0340. The average Bonchev–Trinajstić information content (AvgIpc) is 2.86. The third-order valence-corrected chi connectivity index (χ3v) is 3.17. The summed E-state index contributed by atoms with van der Waals surface area (Å²) in [6, 6.07) is 1.67. The van der Waals surface area contributed by atoms with Gasteiger partial charge in [-0.1, -0.05) is 0 Å². The largest absolute Gasteiger partial charge is 0.394 e. The lowest BCUT2D eigenvalue weighted by atomic mass is 10.1. The molecule has 1 aliphatic heterocycles. The van der Waals surface area contributed by atoms with E-state index in [1.165, 1.54) is 0 Å². The zero-order valence-corrected chi connectivity index (χ0v) is 9.89. The summed E-state index contributed by atoms with van der Waals surface area (Å²) in [6.07, 6.45) is 5.08. The Bertz CT molecular complexity index is 408. The molecule has 0 saturated carbocycles. The summed E-state index contributed by atoms with van der Waals surface area (Å²) >= 11 is 0. The fourth-order valence-corrected chi connectivity index (χ4v) is 2.23. The van der Waals surface area contributed by atoms with Crippen LogP contribution in [0.2, 0.25) is 0 Å². The molecule has 0 aliphatic carbocycles. The number of aliphatic hydroxyl groups excluding tert-OH is 1. The van der Waals surface area contributed by atoms with Gasteiger partial charge in [-0.3, -0.25) is 9.78 Å². The van der Waals surface area contributed by atoms with Gasteiger partial charge in [0.1, 0.15) is 0 Å². The average molecular weight is 235 g/mol. The van der Waals surface area contributed by atoms with E-state index in [1.54, 1.807) is 30.4 Å². The van der Waals surface area contributed by atoms with E-state index in [0.717, 1.165) is 25.1 Å². The van der Waals surface area contributed by atoms with Crippen molar-refractivity contribution in [2.75, 3.05) is 25.5 Å². The second kappa shape index (κ2) is 5.14. The quantitative estimate of drug-likeness (QED) is 0.810. The molecule has 2 N–H and O–H groups in total. The van der Waals surface area contributed by atoms with Gasteiger partial charge >= 0.3 is 0 Å². The molecule has 1 fully saturated rings. The van der Waals surface area contributed by atoms with E-state index in [2.05, 4.69) is 10.3 Å². The van der Waals surface area contributed by atoms with Gasteiger partial charge in [0.05, 0.1) is 30.1 Å². The van der Waals surface area contributed by atoms with Gasteiger partial charge in [-0.25, -0.2) is 0 Å². The molecule has 1 aliphatic rings. The van der Waals surface area contributed by atoms with Crippen LogP contribution in [0.5, 0.6) is 0 Å². The number of amides is 1. The van der Waals surface area contributed by atoms with Gasteiger partial charge in [-0.15, -0.1) is 0 Å². The van der Waals surface area contributed by atoms with Crippen LogP contribution in [0.25, 0.3) is 0 Å². The van der Waals surface area contributed by atoms with Crippen LogP contribution in [-0.2, 0) is 0 Å². The Kier molecular flexibility index (Phi) is 3.58. The zero-order chi connectivity index (χ0) is 12.3. The Morgan fingerprint density at radius 1 is 1.71 bits per heavy atom. The fraction of sp³-hybridized carbons (Fsp3) is 0.500. The first-order valence-electron chi connectivity index (χ1n) is 5.81. The van der Waals surface area contributed by atoms with Crippen LogP contribution < -0.4 is 5.32 Å². The number of anilines is 1. The molecule has 1 saturated heterocycles. The summed E-state index contributed by atoms with van der Waals surface area (Å²) in [6.45, 7) is 0.751. The van der Waals surface area contributed by atoms with Crippen LogP contribution in [-0.4, -0.2) is 47.1 Å². The number of likely N-dealkylation sites (tertiary alicyclic amines) is 1. The Morgan fingerprint density at radius 2 is 2.53 bits per heavy atom. The number of nitrogens with one attached hydrogen (secondary N) is 1. The molecule has 1 aromatic rings. The van der Waals surface area contributed by atoms with E-state index >= 15 is 0 Å². The van der Waals surface area contributed by atoms with E-state index in [4.69, 9.17) is 0 Å². The van der Waals surface area contributed by atoms with Crippen LogP contribution in [0.3, 0.4) is 0 Å². The Labute approximate surface area is 100 Å². The first-order valence-corrected chi connectivity index (χ1v) is 5.81. The SMILES string of the molecule is CNc1cnccc1C(=O)N1CCCC1CO. The highest BCUT2D eigenvalue weighted by Gasteiger charge is 2.29. The predicted octanol–water partition coefficient (Wildman–Crippen LogP) is 0.720. The lowest BCUT2D eigenvalue weighted by Gasteiger charge is -2.23. The van der Waals surface area contributed by atoms with E-state index in [-0.39, 0.29) is 18.6 Å². The summed E-state index contributed by atoms with van der Waals surface area (Å²) < 4.78 is 0. The number of aromatic nitrogens is 1. The van der Waals surface area contributed by atoms with Crippen molar-refractivity contribution in [1.29, 1.82) is 0 Å². The highest BCUT2D eigenvalue weighted by atomic mass is 16.3. The number of pyridine rings is 1. The molecular formula is C12H17N3O2. The number of rotatable bonds is 3. The van der Waals surface area contributed by atoms with E-state index in [0.29, 0.717) is 5.56 Å². The second-order valence-electron chi connectivity index (χ2n) is 4.15. The number of aliphatic hydroxyl groups is 1. The van der Waals surface area contributed by atoms with Crippen molar-refractivity contribution >= 4 is 11.6 Å². The molecule has 17 heavy (non-hydrogen) atoms. The van der Waals surface area contributed by atoms with Gasteiger partial charge in [0.25, 0.3) is 5.91 Å². The molecule has 1 unspecified atom stereocenters. The molecule has 1 amide bonds. The third kappa shape index (κ3) is 2.24. The lowest BCUT2D eigenvalue weighted by Crippen LogP contribution is -2.37. The molecule has 5 nitrogen and oxygen atoms in total. The number of hydrogen-bond donors (Lipinski definition) is 2. The number of nitrogens with zero attached hydrogens (tertiary/aromatic N) is 2. The van der Waals surface area contributed by atoms with Crippen molar-refractivity contribution in [3.05, 3.63) is 24.0 Å². The maximum absolute atomic E-state index is 12.3. The monoisotopic (exact) mass is 235 g/mol. The van der Waals surface area contributed by atoms with Gasteiger partial charge in [0.2, 0.25) is 0 Å². The van der Waals surface area contributed by atoms with E-state index < -0.39 is 0 Å². The molecule has 1 aromatic heterocycles. The van der Waals surface area contributed by atoms with E-state index in [1.807, 2.05) is 0 Å². The van der Waals surface area contributed by atoms with Crippen LogP contribution in [0.15, 0.2) is 18.5 Å². The molecular weight excluding hydrogens is 218 g/mol. The van der Waals surface area contributed by atoms with Gasteiger partial charge in [-0.2, -0.15) is 0 Å². The maximum Gasteiger partial charge on any atom is 0.256 e. The molecule has 2 heterocycles. The first kappa shape index (κ1) is 11.9. The van der Waals surface area contributed by atoms with Crippen LogP contribution >= 0.6 is 0 Å². The van der Waals surface area contributed by atoms with Crippen LogP contribution in [0.1, 0.15) is 23.2 Å². The van der Waals surface area contributed by atoms with Crippen molar-refractivity contribution in [2.45, 2.75) is 18.9 Å². The number of hydrogen-bond acceptors (Lipinski definition) is 4. The Balaban J connectivity index is 2.24. The summed E-state index contributed by atoms with van der Waals surface area (Å²) in [7, 11) is 1.77. The van der Waals surface area contributed by atoms with Crippen molar-refractivity contribution in [3.63, 3.8) is 0 Å². The van der Waals surface area contributed by atoms with Crippen molar-refractivity contribution < 1.29 is 9.90 Å². The Hall–Kier alpha value is -1.62. The predicted molar refractivity (Wildman–Crippen MR) is 64.9 cm³/mol. The molecule has 92 valence electrons. The van der Waals surface area contributed by atoms with Gasteiger partial charge in [-0.05, 0) is 18.9 Å². The molecule has 1 atom stereocenters. The summed E-state index contributed by atoms with van der Waals surface area (Å²) in [4.78, 5) is 18.1. The van der Waals surface area contributed by atoms with Gasteiger partial charge in [0, 0.05) is 19.8 Å². The van der Waals surface area contributed by atoms with Gasteiger partial charge in [0.15, 0.2) is 0 Å². The molecule has 0 spiro atoms. The maximum atomic E-state index is 12.3. The van der Waals surface area contributed by atoms with Crippen molar-refractivity contribution in [2.24, 2.45) is 0 Å². The minimum atomic E-state index is -0.0413. The lowest BCUT2D eigenvalue weighted by molar-refractivity contribution is 0.0678.